The number of benzene rings is 1. The first-order valence-corrected chi connectivity index (χ1v) is 3.53. The van der Waals surface area contributed by atoms with Crippen molar-refractivity contribution in [1.29, 1.82) is 0 Å². The Labute approximate surface area is 148 Å². The van der Waals surface area contributed by atoms with Gasteiger partial charge in [-0.1, -0.05) is 24.3 Å². The molecular weight excluding hydrogens is 417 g/mol. The Bertz CT molecular complexity index is 216. The van der Waals surface area contributed by atoms with E-state index in [-0.39, 0.29) is 95.1 Å². The fourth-order valence-electron chi connectivity index (χ4n) is 1.51. The van der Waals surface area contributed by atoms with E-state index in [0.29, 0.717) is 0 Å². The Balaban J connectivity index is -0.0000000556. The molecular formula is C9H16AlGa2InN2. The van der Waals surface area contributed by atoms with Crippen molar-refractivity contribution >= 4 is 82.8 Å². The summed E-state index contributed by atoms with van der Waals surface area (Å²) in [5.74, 6) is 0. The number of aryl methyl sites for hydroxylation is 2. The van der Waals surface area contributed by atoms with E-state index in [2.05, 4.69) is 24.3 Å². The van der Waals surface area contributed by atoms with Crippen LogP contribution in [0.4, 0.5) is 0 Å². The maximum Gasteiger partial charge on any atom is 0 e. The van der Waals surface area contributed by atoms with Crippen LogP contribution in [0.1, 0.15) is 17.5 Å². The number of rotatable bonds is 0. The molecule has 12 radical (unpaired) electrons. The maximum absolute atomic E-state index is 2.24. The van der Waals surface area contributed by atoms with Crippen LogP contribution >= 0.6 is 0 Å². The van der Waals surface area contributed by atoms with E-state index in [9.17, 15) is 0 Å². The molecule has 74 valence electrons. The van der Waals surface area contributed by atoms with Gasteiger partial charge in [0.2, 0.25) is 0 Å². The smallest absolute Gasteiger partial charge is 0 e. The Morgan fingerprint density at radius 1 is 0.800 bits per heavy atom. The van der Waals surface area contributed by atoms with Crippen LogP contribution in [-0.4, -0.2) is 82.8 Å². The van der Waals surface area contributed by atoms with Gasteiger partial charge < -0.3 is 12.3 Å². The van der Waals surface area contributed by atoms with Gasteiger partial charge in [-0.25, -0.2) is 0 Å². The topological polar surface area (TPSA) is 70.0 Å². The minimum atomic E-state index is 0. The third-order valence-corrected chi connectivity index (χ3v) is 2.01. The monoisotopic (exact) mass is 432 g/mol. The maximum atomic E-state index is 2.24. The molecule has 1 aliphatic rings. The zero-order valence-corrected chi connectivity index (χ0v) is 18.4. The summed E-state index contributed by atoms with van der Waals surface area (Å²) in [6, 6.07) is 8.74. The van der Waals surface area contributed by atoms with Crippen molar-refractivity contribution in [3.05, 3.63) is 35.4 Å². The van der Waals surface area contributed by atoms with E-state index in [1.165, 1.54) is 19.3 Å². The summed E-state index contributed by atoms with van der Waals surface area (Å²) in [5, 5.41) is 0. The van der Waals surface area contributed by atoms with Crippen molar-refractivity contribution in [2.45, 2.75) is 19.3 Å². The fourth-order valence-corrected chi connectivity index (χ4v) is 1.51. The SMILES string of the molecule is N.N.[Al].[Ga].[Ga].[In].c1ccc2c(c1)CCC2. The van der Waals surface area contributed by atoms with Crippen LogP contribution in [0.25, 0.3) is 0 Å². The molecule has 1 aromatic rings. The Hall–Kier alpha value is 1.82. The van der Waals surface area contributed by atoms with Gasteiger partial charge in [0.25, 0.3) is 0 Å². The quantitative estimate of drug-likeness (QED) is 0.599. The normalized spacial score (nSPS) is 9.33. The summed E-state index contributed by atoms with van der Waals surface area (Å²) < 4.78 is 0. The predicted molar refractivity (Wildman–Crippen MR) is 71.5 cm³/mol. The summed E-state index contributed by atoms with van der Waals surface area (Å²) in [5.41, 5.74) is 3.13. The van der Waals surface area contributed by atoms with Gasteiger partial charge in [0.1, 0.15) is 0 Å². The standard InChI is InChI=1S/C9H10.Al.2Ga.In.2H3N/c1-2-5-9-7-3-6-8(9)4-1;;;;;;/h1-2,4-5H,3,6-7H2;;;;;2*1H3. The number of fused-ring (bicyclic) bond motifs is 1. The second-order valence-electron chi connectivity index (χ2n) is 2.62. The molecule has 1 aromatic carbocycles. The molecule has 0 spiro atoms. The second-order valence-corrected chi connectivity index (χ2v) is 2.62. The molecule has 2 rings (SSSR count). The largest absolute Gasteiger partial charge is 0.344 e. The molecule has 0 amide bonds. The number of hydrogen-bond acceptors (Lipinski definition) is 2. The Morgan fingerprint density at radius 3 is 1.47 bits per heavy atom. The van der Waals surface area contributed by atoms with Crippen LogP contribution in [0.5, 0.6) is 0 Å². The molecule has 6 N–H and O–H groups in total. The molecule has 0 heterocycles. The Morgan fingerprint density at radius 2 is 1.13 bits per heavy atom. The van der Waals surface area contributed by atoms with E-state index in [1.807, 2.05) is 0 Å². The first-order valence-electron chi connectivity index (χ1n) is 3.53. The van der Waals surface area contributed by atoms with E-state index >= 15 is 0 Å². The molecule has 15 heavy (non-hydrogen) atoms. The predicted octanol–water partition coefficient (Wildman–Crippen LogP) is 0.976. The van der Waals surface area contributed by atoms with E-state index < -0.39 is 0 Å². The molecule has 0 fully saturated rings. The van der Waals surface area contributed by atoms with Crippen molar-refractivity contribution in [3.8, 4) is 0 Å². The average Bonchev–Trinajstić information content (AvgIpc) is 2.33. The van der Waals surface area contributed by atoms with Crippen LogP contribution in [-0.2, 0) is 12.8 Å². The van der Waals surface area contributed by atoms with E-state index in [1.54, 1.807) is 11.1 Å². The molecule has 6 heteroatoms. The zero-order chi connectivity index (χ0) is 6.10. The van der Waals surface area contributed by atoms with Gasteiger partial charge in [0.15, 0.2) is 0 Å². The van der Waals surface area contributed by atoms with Gasteiger partial charge in [-0.15, -0.1) is 0 Å². The van der Waals surface area contributed by atoms with Crippen molar-refractivity contribution < 1.29 is 0 Å². The van der Waals surface area contributed by atoms with E-state index in [4.69, 9.17) is 0 Å². The van der Waals surface area contributed by atoms with Crippen LogP contribution in [0.3, 0.4) is 0 Å². The molecule has 0 unspecified atom stereocenters. The second kappa shape index (κ2) is 15.8. The van der Waals surface area contributed by atoms with Crippen molar-refractivity contribution in [2.24, 2.45) is 0 Å². The summed E-state index contributed by atoms with van der Waals surface area (Å²) in [7, 11) is 0. The summed E-state index contributed by atoms with van der Waals surface area (Å²) in [6.45, 7) is 0. The molecule has 0 saturated carbocycles. The molecule has 0 aromatic heterocycles. The van der Waals surface area contributed by atoms with Gasteiger partial charge >= 0.3 is 0 Å². The molecule has 1 aliphatic carbocycles. The average molecular weight is 433 g/mol. The minimum Gasteiger partial charge on any atom is -0.344 e. The zero-order valence-electron chi connectivity index (χ0n) is 9.15. The first-order chi connectivity index (χ1) is 4.47. The van der Waals surface area contributed by atoms with Crippen LogP contribution < -0.4 is 12.3 Å². The molecule has 0 saturated heterocycles. The summed E-state index contributed by atoms with van der Waals surface area (Å²) in [6.07, 6.45) is 3.96. The minimum absolute atomic E-state index is 0. The summed E-state index contributed by atoms with van der Waals surface area (Å²) in [4.78, 5) is 0. The van der Waals surface area contributed by atoms with Gasteiger partial charge in [-0.05, 0) is 30.4 Å². The van der Waals surface area contributed by atoms with Crippen LogP contribution in [0, 0.1) is 0 Å². The van der Waals surface area contributed by atoms with Gasteiger partial charge in [0, 0.05) is 82.8 Å². The summed E-state index contributed by atoms with van der Waals surface area (Å²) >= 11 is 0. The Kier molecular flexibility index (Phi) is 31.8. The van der Waals surface area contributed by atoms with Gasteiger partial charge in [-0.3, -0.25) is 0 Å². The first kappa shape index (κ1) is 30.1. The van der Waals surface area contributed by atoms with Gasteiger partial charge in [-0.2, -0.15) is 0 Å². The van der Waals surface area contributed by atoms with Crippen molar-refractivity contribution in [1.82, 2.24) is 12.3 Å². The van der Waals surface area contributed by atoms with Crippen molar-refractivity contribution in [3.63, 3.8) is 0 Å². The fraction of sp³-hybridized carbons (Fsp3) is 0.333. The molecule has 2 nitrogen and oxygen atoms in total. The van der Waals surface area contributed by atoms with E-state index in [0.717, 1.165) is 0 Å². The van der Waals surface area contributed by atoms with Crippen LogP contribution in [0.15, 0.2) is 24.3 Å². The van der Waals surface area contributed by atoms with Crippen molar-refractivity contribution in [2.75, 3.05) is 0 Å². The third kappa shape index (κ3) is 8.53. The van der Waals surface area contributed by atoms with Gasteiger partial charge in [0.05, 0.1) is 0 Å². The number of hydrogen-bond donors (Lipinski definition) is 2. The van der Waals surface area contributed by atoms with Crippen LogP contribution in [0.2, 0.25) is 0 Å². The third-order valence-electron chi connectivity index (χ3n) is 2.01. The molecule has 0 aliphatic heterocycles. The molecule has 0 bridgehead atoms. The molecule has 0 atom stereocenters.